The first-order valence-corrected chi connectivity index (χ1v) is 8.88. The molecule has 5 rings (SSSR count). The summed E-state index contributed by atoms with van der Waals surface area (Å²) < 4.78 is 0. The van der Waals surface area contributed by atoms with Crippen LogP contribution in [0.2, 0.25) is 0 Å². The molecular weight excluding hydrogens is 330 g/mol. The molecule has 4 heterocycles. The number of rotatable bonds is 2. The van der Waals surface area contributed by atoms with Gasteiger partial charge in [-0.05, 0) is 31.4 Å². The van der Waals surface area contributed by atoms with Crippen LogP contribution >= 0.6 is 0 Å². The Morgan fingerprint density at radius 2 is 2.04 bits per heavy atom. The molecule has 3 aromatic rings. The van der Waals surface area contributed by atoms with Crippen molar-refractivity contribution in [2.75, 3.05) is 24.5 Å². The van der Waals surface area contributed by atoms with Crippen LogP contribution in [0.25, 0.3) is 11.0 Å². The SMILES string of the molecule is O=C(c1ccncn1)N1CCCN(c2ncnc3[nH]ccc23)CC12CC2. The molecule has 3 aromatic heterocycles. The zero-order chi connectivity index (χ0) is 17.6. The van der Waals surface area contributed by atoms with Gasteiger partial charge in [-0.15, -0.1) is 0 Å². The number of amides is 1. The van der Waals surface area contributed by atoms with E-state index >= 15 is 0 Å². The summed E-state index contributed by atoms with van der Waals surface area (Å²) >= 11 is 0. The Morgan fingerprint density at radius 3 is 2.85 bits per heavy atom. The maximum atomic E-state index is 13.0. The summed E-state index contributed by atoms with van der Waals surface area (Å²) in [6.45, 7) is 2.40. The molecule has 2 fully saturated rings. The van der Waals surface area contributed by atoms with E-state index in [0.717, 1.165) is 55.7 Å². The number of carbonyl (C=O) groups excluding carboxylic acids is 1. The molecule has 8 nitrogen and oxygen atoms in total. The van der Waals surface area contributed by atoms with Crippen molar-refractivity contribution in [2.24, 2.45) is 0 Å². The third-order valence-corrected chi connectivity index (χ3v) is 5.37. The van der Waals surface area contributed by atoms with Gasteiger partial charge in [-0.25, -0.2) is 19.9 Å². The van der Waals surface area contributed by atoms with E-state index in [-0.39, 0.29) is 11.4 Å². The fraction of sp³-hybridized carbons (Fsp3) is 0.389. The molecule has 1 saturated carbocycles. The third-order valence-electron chi connectivity index (χ3n) is 5.37. The quantitative estimate of drug-likeness (QED) is 0.756. The summed E-state index contributed by atoms with van der Waals surface area (Å²) in [4.78, 5) is 37.4. The fourth-order valence-corrected chi connectivity index (χ4v) is 3.91. The van der Waals surface area contributed by atoms with Crippen LogP contribution in [0.4, 0.5) is 5.82 Å². The minimum atomic E-state index is -0.119. The summed E-state index contributed by atoms with van der Waals surface area (Å²) in [5, 5.41) is 1.03. The Bertz CT molecular complexity index is 950. The van der Waals surface area contributed by atoms with Crippen LogP contribution in [0.5, 0.6) is 0 Å². The van der Waals surface area contributed by atoms with Gasteiger partial charge in [0.25, 0.3) is 5.91 Å². The molecule has 1 spiro atoms. The number of carbonyl (C=O) groups is 1. The summed E-state index contributed by atoms with van der Waals surface area (Å²) in [6, 6.07) is 3.70. The van der Waals surface area contributed by atoms with Gasteiger partial charge in [0.1, 0.15) is 29.8 Å². The molecule has 0 atom stereocenters. The molecule has 0 radical (unpaired) electrons. The van der Waals surface area contributed by atoms with Crippen molar-refractivity contribution in [3.8, 4) is 0 Å². The van der Waals surface area contributed by atoms with Gasteiger partial charge in [0.05, 0.1) is 10.9 Å². The fourth-order valence-electron chi connectivity index (χ4n) is 3.91. The maximum Gasteiger partial charge on any atom is 0.273 e. The van der Waals surface area contributed by atoms with Crippen molar-refractivity contribution >= 4 is 22.8 Å². The number of anilines is 1. The summed E-state index contributed by atoms with van der Waals surface area (Å²) in [5.41, 5.74) is 1.19. The lowest BCUT2D eigenvalue weighted by Gasteiger charge is -2.32. The molecule has 1 aliphatic carbocycles. The molecule has 0 bridgehead atoms. The van der Waals surface area contributed by atoms with E-state index in [1.165, 1.54) is 6.33 Å². The number of aromatic amines is 1. The van der Waals surface area contributed by atoms with Crippen LogP contribution in [-0.2, 0) is 0 Å². The second-order valence-electron chi connectivity index (χ2n) is 6.99. The third kappa shape index (κ3) is 2.40. The van der Waals surface area contributed by atoms with Gasteiger partial charge in [-0.1, -0.05) is 0 Å². The van der Waals surface area contributed by atoms with Crippen molar-refractivity contribution < 1.29 is 4.79 Å². The van der Waals surface area contributed by atoms with E-state index in [9.17, 15) is 4.79 Å². The van der Waals surface area contributed by atoms with E-state index in [0.29, 0.717) is 5.69 Å². The number of aromatic nitrogens is 5. The molecule has 1 amide bonds. The minimum absolute atomic E-state index is 0.00114. The molecule has 1 saturated heterocycles. The molecule has 26 heavy (non-hydrogen) atoms. The maximum absolute atomic E-state index is 13.0. The number of H-pyrrole nitrogens is 1. The molecule has 1 N–H and O–H groups in total. The predicted octanol–water partition coefficient (Wildman–Crippen LogP) is 1.63. The number of fused-ring (bicyclic) bond motifs is 1. The van der Waals surface area contributed by atoms with Crippen molar-refractivity contribution in [3.05, 3.63) is 42.9 Å². The number of hydrogen-bond donors (Lipinski definition) is 1. The van der Waals surface area contributed by atoms with Crippen molar-refractivity contribution in [3.63, 3.8) is 0 Å². The first-order valence-electron chi connectivity index (χ1n) is 8.88. The molecular formula is C18H19N7O. The summed E-state index contributed by atoms with van der Waals surface area (Å²) in [7, 11) is 0. The van der Waals surface area contributed by atoms with Gasteiger partial charge in [0.15, 0.2) is 0 Å². The molecule has 132 valence electrons. The zero-order valence-electron chi connectivity index (χ0n) is 14.3. The van der Waals surface area contributed by atoms with Gasteiger partial charge in [-0.3, -0.25) is 4.79 Å². The van der Waals surface area contributed by atoms with E-state index < -0.39 is 0 Å². The largest absolute Gasteiger partial charge is 0.354 e. The lowest BCUT2D eigenvalue weighted by molar-refractivity contribution is 0.0663. The highest BCUT2D eigenvalue weighted by Gasteiger charge is 2.52. The molecule has 8 heteroatoms. The second-order valence-corrected chi connectivity index (χ2v) is 6.99. The average molecular weight is 349 g/mol. The van der Waals surface area contributed by atoms with Gasteiger partial charge >= 0.3 is 0 Å². The van der Waals surface area contributed by atoms with Crippen LogP contribution in [0, 0.1) is 0 Å². The van der Waals surface area contributed by atoms with Gasteiger partial charge in [0.2, 0.25) is 0 Å². The first kappa shape index (κ1) is 15.2. The zero-order valence-corrected chi connectivity index (χ0v) is 14.3. The lowest BCUT2D eigenvalue weighted by Crippen LogP contribution is -2.47. The topological polar surface area (TPSA) is 90.9 Å². The van der Waals surface area contributed by atoms with Crippen molar-refractivity contribution in [1.29, 1.82) is 0 Å². The van der Waals surface area contributed by atoms with Crippen LogP contribution in [0.3, 0.4) is 0 Å². The molecule has 1 aliphatic heterocycles. The normalized spacial score (nSPS) is 18.9. The second kappa shape index (κ2) is 5.76. The van der Waals surface area contributed by atoms with Gasteiger partial charge < -0.3 is 14.8 Å². The van der Waals surface area contributed by atoms with E-state index in [4.69, 9.17) is 0 Å². The van der Waals surface area contributed by atoms with E-state index in [1.54, 1.807) is 18.6 Å². The first-order chi connectivity index (χ1) is 12.8. The Balaban J connectivity index is 1.46. The van der Waals surface area contributed by atoms with E-state index in [1.807, 2.05) is 17.2 Å². The number of nitrogens with zero attached hydrogens (tertiary/aromatic N) is 6. The van der Waals surface area contributed by atoms with Crippen LogP contribution < -0.4 is 4.90 Å². The van der Waals surface area contributed by atoms with Crippen molar-refractivity contribution in [2.45, 2.75) is 24.8 Å². The highest BCUT2D eigenvalue weighted by molar-refractivity contribution is 5.93. The Labute approximate surface area is 150 Å². The summed E-state index contributed by atoms with van der Waals surface area (Å²) in [5.74, 6) is 0.945. The van der Waals surface area contributed by atoms with Crippen LogP contribution in [-0.4, -0.2) is 60.9 Å². The molecule has 0 unspecified atom stereocenters. The predicted molar refractivity (Wildman–Crippen MR) is 95.8 cm³/mol. The highest BCUT2D eigenvalue weighted by Crippen LogP contribution is 2.45. The van der Waals surface area contributed by atoms with E-state index in [2.05, 4.69) is 29.8 Å². The monoisotopic (exact) mass is 349 g/mol. The van der Waals surface area contributed by atoms with Gasteiger partial charge in [-0.2, -0.15) is 0 Å². The van der Waals surface area contributed by atoms with Gasteiger partial charge in [0, 0.05) is 32.0 Å². The van der Waals surface area contributed by atoms with Crippen LogP contribution in [0.15, 0.2) is 37.2 Å². The van der Waals surface area contributed by atoms with Crippen molar-refractivity contribution in [1.82, 2.24) is 29.8 Å². The molecule has 0 aromatic carbocycles. The Morgan fingerprint density at radius 1 is 1.12 bits per heavy atom. The number of nitrogens with one attached hydrogen (secondary N) is 1. The molecule has 2 aliphatic rings. The summed E-state index contributed by atoms with van der Waals surface area (Å²) in [6.07, 6.45) is 9.46. The van der Waals surface area contributed by atoms with Crippen LogP contribution in [0.1, 0.15) is 29.8 Å². The standard InChI is InChI=1S/C18H19N7O/c26-17(14-3-6-19-11-21-14)25-9-1-8-24(10-18(25)4-5-18)16-13-2-7-20-15(13)22-12-23-16/h2-3,6-7,11-12H,1,4-5,8-10H2,(H,20,22,23). The highest BCUT2D eigenvalue weighted by atomic mass is 16.2. The Kier molecular flexibility index (Phi) is 3.37. The minimum Gasteiger partial charge on any atom is -0.354 e. The Hall–Kier alpha value is -3.03. The smallest absolute Gasteiger partial charge is 0.273 e. The number of hydrogen-bond acceptors (Lipinski definition) is 6. The average Bonchev–Trinajstić information content (AvgIpc) is 3.34. The lowest BCUT2D eigenvalue weighted by atomic mass is 10.2.